The van der Waals surface area contributed by atoms with Crippen molar-refractivity contribution >= 4 is 21.5 Å². The van der Waals surface area contributed by atoms with Gasteiger partial charge in [-0.3, -0.25) is 9.19 Å². The molecule has 0 bridgehead atoms. The Hall–Kier alpha value is -3.39. The van der Waals surface area contributed by atoms with E-state index in [0.717, 1.165) is 32.1 Å². The summed E-state index contributed by atoms with van der Waals surface area (Å²) in [7, 11) is -4.20. The van der Waals surface area contributed by atoms with E-state index in [2.05, 4.69) is 103 Å². The second-order valence-corrected chi connectivity index (χ2v) is 14.8. The molecule has 50 heavy (non-hydrogen) atoms. The number of benzene rings is 1. The van der Waals surface area contributed by atoms with Crippen LogP contribution < -0.4 is 9.13 Å². The largest absolute Gasteiger partial charge is 0.784 e. The maximum atomic E-state index is 11.0. The maximum Gasteiger partial charge on any atom is 0.174 e. The van der Waals surface area contributed by atoms with Crippen LogP contribution in [0.15, 0.2) is 104 Å². The fraction of sp³-hybridized carbons (Fsp3) is 0.447. The highest BCUT2D eigenvalue weighted by Gasteiger charge is 2.26. The molecule has 3 aromatic heterocycles. The Morgan fingerprint density at radius 2 is 1.24 bits per heavy atom. The van der Waals surface area contributed by atoms with Gasteiger partial charge in [0.1, 0.15) is 12.6 Å². The molecule has 4 aromatic rings. The fourth-order valence-corrected chi connectivity index (χ4v) is 6.97. The summed E-state index contributed by atoms with van der Waals surface area (Å²) in [6, 6.07) is 23.8. The highest BCUT2D eigenvalue weighted by atomic mass is 32.2. The van der Waals surface area contributed by atoms with E-state index in [4.69, 9.17) is 13.3 Å². The third-order valence-corrected chi connectivity index (χ3v) is 10.1. The van der Waals surface area contributed by atoms with Crippen LogP contribution >= 0.6 is 0 Å². The van der Waals surface area contributed by atoms with Gasteiger partial charge in [-0.2, -0.15) is 0 Å². The molecule has 0 saturated carbocycles. The lowest BCUT2D eigenvalue weighted by molar-refractivity contribution is -0.703. The summed E-state index contributed by atoms with van der Waals surface area (Å²) in [5, 5.41) is 10.2. The van der Waals surface area contributed by atoms with Crippen molar-refractivity contribution in [2.75, 3.05) is 5.75 Å². The molecule has 12 heteroatoms. The molecule has 5 unspecified atom stereocenters. The number of aromatic nitrogens is 3. The van der Waals surface area contributed by atoms with Crippen molar-refractivity contribution in [2.24, 2.45) is 0 Å². The average molecular weight is 725 g/mol. The molecule has 0 aliphatic carbocycles. The van der Waals surface area contributed by atoms with E-state index in [1.807, 2.05) is 36.3 Å². The van der Waals surface area contributed by atoms with Gasteiger partial charge in [-0.1, -0.05) is 51.1 Å². The molecule has 272 valence electrons. The smallest absolute Gasteiger partial charge is 0.174 e. The lowest BCUT2D eigenvalue weighted by atomic mass is 9.75. The maximum absolute atomic E-state index is 11.0. The molecule has 0 aliphatic rings. The molecule has 3 heterocycles. The second-order valence-electron chi connectivity index (χ2n) is 12.9. The monoisotopic (exact) mass is 724 g/mol. The van der Waals surface area contributed by atoms with Gasteiger partial charge in [-0.25, -0.2) is 17.6 Å². The van der Waals surface area contributed by atoms with Crippen LogP contribution in [-0.4, -0.2) is 48.2 Å². The number of nitrogens with zero attached hydrogens (tertiary/aromatic N) is 3. The average Bonchev–Trinajstić information content (AvgIpc) is 3.10. The molecule has 0 fully saturated rings. The molecular weight excluding hydrogens is 675 g/mol. The first-order valence-corrected chi connectivity index (χ1v) is 19.8. The van der Waals surface area contributed by atoms with Crippen molar-refractivity contribution in [1.82, 2.24) is 4.98 Å². The Balaban J connectivity index is 0.00000160. The zero-order valence-corrected chi connectivity index (χ0v) is 30.8. The van der Waals surface area contributed by atoms with E-state index in [9.17, 15) is 18.1 Å². The number of rotatable bonds is 18. The van der Waals surface area contributed by atoms with Crippen molar-refractivity contribution < 1.29 is 40.5 Å². The topological polar surface area (TPSA) is 161 Å². The van der Waals surface area contributed by atoms with Gasteiger partial charge in [0, 0.05) is 48.8 Å². The molecule has 0 amide bonds. The quantitative estimate of drug-likeness (QED) is 0.0812. The lowest BCUT2D eigenvalue weighted by Gasteiger charge is -2.29. The van der Waals surface area contributed by atoms with E-state index in [0.29, 0.717) is 43.2 Å². The molecule has 0 saturated heterocycles. The third-order valence-electron chi connectivity index (χ3n) is 9.30. The van der Waals surface area contributed by atoms with Crippen LogP contribution in [-0.2, 0) is 34.6 Å². The lowest BCUT2D eigenvalue weighted by Crippen LogP contribution is -2.39. The van der Waals surface area contributed by atoms with Crippen LogP contribution in [0.4, 0.5) is 0 Å². The summed E-state index contributed by atoms with van der Waals surface area (Å²) in [6.45, 7) is 7.63. The van der Waals surface area contributed by atoms with Gasteiger partial charge in [0.15, 0.2) is 31.3 Å². The molecule has 4 rings (SSSR count). The van der Waals surface area contributed by atoms with Gasteiger partial charge in [0.05, 0.1) is 10.1 Å². The van der Waals surface area contributed by atoms with Crippen LogP contribution in [0, 0.1) is 0 Å². The number of aryl methyl sites for hydroxylation is 1. The normalized spacial score (nSPS) is 14.6. The van der Waals surface area contributed by atoms with Gasteiger partial charge in [-0.05, 0) is 90.2 Å². The van der Waals surface area contributed by atoms with Crippen molar-refractivity contribution in [3.63, 3.8) is 0 Å². The number of aliphatic hydroxyl groups is 1. The van der Waals surface area contributed by atoms with Crippen LogP contribution in [0.3, 0.4) is 0 Å². The summed E-state index contributed by atoms with van der Waals surface area (Å²) in [6.07, 6.45) is 16.6. The number of hydrogen-bond acceptors (Lipinski definition) is 8. The summed E-state index contributed by atoms with van der Waals surface area (Å²) >= 11 is -3.11. The highest BCUT2D eigenvalue weighted by Crippen LogP contribution is 2.41. The molecule has 0 spiro atoms. The Morgan fingerprint density at radius 3 is 1.78 bits per heavy atom. The summed E-state index contributed by atoms with van der Waals surface area (Å²) in [4.78, 5) is 4.31. The Kier molecular flexibility index (Phi) is 17.3. The molecular formula is C38H50N3O7S2-. The number of aliphatic hydroxyl groups excluding tert-OH is 1. The van der Waals surface area contributed by atoms with Gasteiger partial charge in [0.2, 0.25) is 0 Å². The minimum absolute atomic E-state index is 0.298. The highest BCUT2D eigenvalue weighted by molar-refractivity contribution is 7.85. The van der Waals surface area contributed by atoms with Crippen molar-refractivity contribution in [3.05, 3.63) is 126 Å². The van der Waals surface area contributed by atoms with Crippen LogP contribution in [0.2, 0.25) is 0 Å². The van der Waals surface area contributed by atoms with E-state index in [1.165, 1.54) is 22.3 Å². The van der Waals surface area contributed by atoms with Gasteiger partial charge in [-0.15, -0.1) is 11.4 Å². The van der Waals surface area contributed by atoms with Crippen LogP contribution in [0.25, 0.3) is 0 Å². The summed E-state index contributed by atoms with van der Waals surface area (Å²) in [5.41, 5.74) is 5.23. The first kappa shape index (κ1) is 41.0. The number of pyridine rings is 3. The van der Waals surface area contributed by atoms with E-state index < -0.39 is 21.5 Å². The zero-order chi connectivity index (χ0) is 36.5. The molecule has 0 radical (unpaired) electrons. The first-order valence-electron chi connectivity index (χ1n) is 17.2. The summed E-state index contributed by atoms with van der Waals surface area (Å²) in [5.74, 6) is 1.02. The Labute approximate surface area is 300 Å². The Bertz CT molecular complexity index is 1660. The van der Waals surface area contributed by atoms with Gasteiger partial charge >= 0.3 is 0 Å². The van der Waals surface area contributed by atoms with Gasteiger partial charge in [0.25, 0.3) is 0 Å². The van der Waals surface area contributed by atoms with Crippen LogP contribution in [0.5, 0.6) is 0 Å². The predicted molar refractivity (Wildman–Crippen MR) is 190 cm³/mol. The minimum Gasteiger partial charge on any atom is -0.784 e. The van der Waals surface area contributed by atoms with Crippen molar-refractivity contribution in [2.45, 2.75) is 102 Å². The first-order chi connectivity index (χ1) is 23.9. The van der Waals surface area contributed by atoms with Gasteiger partial charge < -0.3 is 18.8 Å². The molecule has 10 nitrogen and oxygen atoms in total. The van der Waals surface area contributed by atoms with Crippen LogP contribution in [0.1, 0.15) is 105 Å². The summed E-state index contributed by atoms with van der Waals surface area (Å²) < 4.78 is 62.4. The fourth-order valence-electron chi connectivity index (χ4n) is 6.49. The van der Waals surface area contributed by atoms with Crippen molar-refractivity contribution in [3.8, 4) is 0 Å². The minimum atomic E-state index is -4.20. The molecule has 0 aliphatic heterocycles. The van der Waals surface area contributed by atoms with Crippen molar-refractivity contribution in [1.29, 1.82) is 0 Å². The molecule has 1 N–H and O–H groups in total. The predicted octanol–water partition coefficient (Wildman–Crippen LogP) is 5.39. The SMILES string of the molecule is CCC(O)C[n+]1ccc(C(CC(CC)c2cc[n+](CCCS(=O)(=O)[O-])cc2)CC(CC(C)c2ccccc2)c2ccncc2)cc1.O=S([O-])[O-]. The van der Waals surface area contributed by atoms with E-state index in [-0.39, 0.29) is 11.9 Å². The Morgan fingerprint density at radius 1 is 0.740 bits per heavy atom. The number of hydrogen-bond donors (Lipinski definition) is 1. The molecule has 5 atom stereocenters. The zero-order valence-electron chi connectivity index (χ0n) is 29.1. The molecule has 1 aromatic carbocycles. The third kappa shape index (κ3) is 14.8. The van der Waals surface area contributed by atoms with E-state index >= 15 is 0 Å². The second kappa shape index (κ2) is 21.1. The van der Waals surface area contributed by atoms with E-state index in [1.54, 1.807) is 0 Å². The standard InChI is InChI=1S/C38H50N3O4S.H2O3S/c1-4-31(34-14-21-40(22-15-34)20-9-25-46(43,44)45)27-37(35-16-23-41(24-17-35)29-38(42)5-2)28-36(33-12-18-39-19-13-33)26-30(3)32-10-7-6-8-11-32;1-4(2)3/h6-8,10-19,21-24,30-31,36-38,42H,4-5,9,20,25-29H2,1-3H3;(H2,1,2,3)/q+1;/p-2.